The molecule has 0 spiro atoms. The number of nitriles is 1. The summed E-state index contributed by atoms with van der Waals surface area (Å²) in [7, 11) is 2.07. The molecular formula is C29H45N3O2S. The zero-order chi connectivity index (χ0) is 27.4. The average Bonchev–Trinajstić information content (AvgIpc) is 3.39. The fraction of sp³-hybridized carbons (Fsp3) is 0.483. The topological polar surface area (TPSA) is 73.2 Å². The normalized spacial score (nSPS) is 14.4. The first kappa shape index (κ1) is 34.4. The van der Waals surface area contributed by atoms with E-state index in [1.165, 1.54) is 6.92 Å². The van der Waals surface area contributed by atoms with E-state index in [0.717, 1.165) is 41.7 Å². The maximum Gasteiger partial charge on any atom is 0.126 e. The lowest BCUT2D eigenvalue weighted by Gasteiger charge is -2.46. The second-order valence-corrected chi connectivity index (χ2v) is 8.23. The Morgan fingerprint density at radius 3 is 2.17 bits per heavy atom. The first-order valence-corrected chi connectivity index (χ1v) is 13.3. The molecule has 0 bridgehead atoms. The lowest BCUT2D eigenvalue weighted by Crippen LogP contribution is -2.56. The molecule has 5 nitrogen and oxygen atoms in total. The van der Waals surface area contributed by atoms with Crippen molar-refractivity contribution in [1.82, 2.24) is 10.2 Å². The minimum Gasteiger partial charge on any atom is -0.381 e. The van der Waals surface area contributed by atoms with E-state index in [9.17, 15) is 4.79 Å². The number of likely N-dealkylation sites (tertiary alicyclic amines) is 1. The predicted molar refractivity (Wildman–Crippen MR) is 151 cm³/mol. The van der Waals surface area contributed by atoms with Crippen molar-refractivity contribution in [3.8, 4) is 17.2 Å². The molecule has 1 aromatic carbocycles. The van der Waals surface area contributed by atoms with Crippen molar-refractivity contribution in [3.05, 3.63) is 58.9 Å². The number of thiophene rings is 1. The van der Waals surface area contributed by atoms with Gasteiger partial charge in [-0.3, -0.25) is 0 Å². The van der Waals surface area contributed by atoms with Gasteiger partial charge in [0.2, 0.25) is 0 Å². The van der Waals surface area contributed by atoms with E-state index in [2.05, 4.69) is 48.3 Å². The van der Waals surface area contributed by atoms with Gasteiger partial charge in [0, 0.05) is 23.9 Å². The fourth-order valence-corrected chi connectivity index (χ4v) is 4.86. The highest BCUT2D eigenvalue weighted by atomic mass is 32.1. The zero-order valence-corrected chi connectivity index (χ0v) is 23.9. The molecule has 1 fully saturated rings. The Morgan fingerprint density at radius 1 is 1.14 bits per heavy atom. The molecule has 0 saturated carbocycles. The van der Waals surface area contributed by atoms with Gasteiger partial charge in [0.1, 0.15) is 12.6 Å². The van der Waals surface area contributed by atoms with Crippen LogP contribution in [-0.2, 0) is 15.1 Å². The summed E-state index contributed by atoms with van der Waals surface area (Å²) in [5.41, 5.74) is 2.23. The summed E-state index contributed by atoms with van der Waals surface area (Å²) < 4.78 is 0. The Balaban J connectivity index is 0. The number of nitrogens with one attached hydrogen (secondary N) is 1. The van der Waals surface area contributed by atoms with Gasteiger partial charge in [0.05, 0.1) is 17.2 Å². The van der Waals surface area contributed by atoms with Crippen LogP contribution >= 0.6 is 11.3 Å². The largest absolute Gasteiger partial charge is 0.381 e. The SMILES string of the molecule is C=CNC(C)(c1cc(-c2cccc(C#N)c2)cs1)C(C=O)C1CN(C)C1.CC.CC.CC.CC=O. The van der Waals surface area contributed by atoms with Crippen LogP contribution in [0.5, 0.6) is 0 Å². The van der Waals surface area contributed by atoms with Gasteiger partial charge in [-0.15, -0.1) is 11.3 Å². The molecule has 6 heteroatoms. The number of benzene rings is 1. The van der Waals surface area contributed by atoms with Crippen molar-refractivity contribution >= 4 is 23.9 Å². The van der Waals surface area contributed by atoms with Crippen LogP contribution in [0.25, 0.3) is 11.1 Å². The highest BCUT2D eigenvalue weighted by Gasteiger charge is 2.44. The predicted octanol–water partition coefficient (Wildman–Crippen LogP) is 6.90. The van der Waals surface area contributed by atoms with Crippen LogP contribution in [0.3, 0.4) is 0 Å². The van der Waals surface area contributed by atoms with E-state index >= 15 is 0 Å². The summed E-state index contributed by atoms with van der Waals surface area (Å²) in [4.78, 5) is 24.1. The van der Waals surface area contributed by atoms with Crippen molar-refractivity contribution < 1.29 is 9.59 Å². The van der Waals surface area contributed by atoms with E-state index in [1.807, 2.05) is 59.7 Å². The third-order valence-electron chi connectivity index (χ3n) is 5.25. The van der Waals surface area contributed by atoms with Gasteiger partial charge in [-0.05, 0) is 67.7 Å². The van der Waals surface area contributed by atoms with Crippen molar-refractivity contribution in [1.29, 1.82) is 5.26 Å². The molecule has 35 heavy (non-hydrogen) atoms. The van der Waals surface area contributed by atoms with Gasteiger partial charge >= 0.3 is 0 Å². The van der Waals surface area contributed by atoms with Crippen LogP contribution in [0, 0.1) is 23.2 Å². The average molecular weight is 500 g/mol. The maximum atomic E-state index is 12.0. The molecule has 1 aliphatic rings. The van der Waals surface area contributed by atoms with Crippen molar-refractivity contribution in [3.63, 3.8) is 0 Å². The van der Waals surface area contributed by atoms with Gasteiger partial charge < -0.3 is 19.8 Å². The number of aldehydes is 2. The highest BCUT2D eigenvalue weighted by molar-refractivity contribution is 7.10. The monoisotopic (exact) mass is 499 g/mol. The van der Waals surface area contributed by atoms with Crippen molar-refractivity contribution in [2.75, 3.05) is 20.1 Å². The molecule has 194 valence electrons. The lowest BCUT2D eigenvalue weighted by molar-refractivity contribution is -0.118. The van der Waals surface area contributed by atoms with E-state index in [0.29, 0.717) is 11.5 Å². The Labute approximate surface area is 217 Å². The molecule has 1 saturated heterocycles. The summed E-state index contributed by atoms with van der Waals surface area (Å²) in [5, 5.41) is 14.6. The summed E-state index contributed by atoms with van der Waals surface area (Å²) in [6, 6.07) is 11.9. The molecule has 1 N–H and O–H groups in total. The van der Waals surface area contributed by atoms with Gasteiger partial charge in [-0.1, -0.05) is 60.3 Å². The van der Waals surface area contributed by atoms with Gasteiger partial charge in [-0.2, -0.15) is 5.26 Å². The van der Waals surface area contributed by atoms with Gasteiger partial charge in [0.15, 0.2) is 0 Å². The molecule has 1 aromatic heterocycles. The molecule has 0 amide bonds. The molecule has 0 aliphatic carbocycles. The molecule has 2 unspecified atom stereocenters. The number of hydrogen-bond donors (Lipinski definition) is 1. The highest BCUT2D eigenvalue weighted by Crippen LogP contribution is 2.41. The Bertz CT molecular complexity index is 897. The summed E-state index contributed by atoms with van der Waals surface area (Å²) in [6.45, 7) is 21.2. The third-order valence-corrected chi connectivity index (χ3v) is 6.42. The zero-order valence-electron chi connectivity index (χ0n) is 23.1. The Morgan fingerprint density at radius 2 is 1.71 bits per heavy atom. The van der Waals surface area contributed by atoms with Crippen molar-refractivity contribution in [2.24, 2.45) is 11.8 Å². The minimum absolute atomic E-state index is 0.131. The quantitative estimate of drug-likeness (QED) is 0.420. The van der Waals surface area contributed by atoms with Crippen LogP contribution in [0.1, 0.15) is 65.8 Å². The second-order valence-electron chi connectivity index (χ2n) is 7.32. The molecule has 2 aromatic rings. The second kappa shape index (κ2) is 19.5. The number of carbonyl (C=O) groups excluding carboxylic acids is 2. The first-order valence-electron chi connectivity index (χ1n) is 12.4. The fourth-order valence-electron chi connectivity index (χ4n) is 3.76. The molecule has 0 radical (unpaired) electrons. The van der Waals surface area contributed by atoms with Gasteiger partial charge in [-0.25, -0.2) is 0 Å². The molecule has 1 aliphatic heterocycles. The number of rotatable bonds is 7. The lowest BCUT2D eigenvalue weighted by atomic mass is 9.73. The molecule has 3 rings (SSSR count). The molecule has 2 heterocycles. The molecular weight excluding hydrogens is 454 g/mol. The van der Waals surface area contributed by atoms with Crippen LogP contribution in [-0.4, -0.2) is 37.6 Å². The summed E-state index contributed by atoms with van der Waals surface area (Å²) in [5.74, 6) is 0.205. The third kappa shape index (κ3) is 9.79. The summed E-state index contributed by atoms with van der Waals surface area (Å²) in [6.07, 6.45) is 3.51. The first-order chi connectivity index (χ1) is 16.9. The molecule has 2 atom stereocenters. The number of hydrogen-bond acceptors (Lipinski definition) is 6. The standard InChI is InChI=1S/C21H23N3OS.C2H4O.3C2H6/c1-4-23-21(2,19(13-25)18-11-24(3)12-18)20-9-17(14-26-20)16-7-5-6-15(8-16)10-22;1-2-3;3*1-2/h4-9,13-14,18-19,23H,1,11-12H2,2-3H3;2H,1H3;3*1-2H3. The minimum atomic E-state index is -0.495. The van der Waals surface area contributed by atoms with E-state index < -0.39 is 5.54 Å². The van der Waals surface area contributed by atoms with E-state index in [1.54, 1.807) is 23.6 Å². The van der Waals surface area contributed by atoms with E-state index in [4.69, 9.17) is 10.1 Å². The maximum absolute atomic E-state index is 12.0. The Hall–Kier alpha value is -2.75. The number of carbonyl (C=O) groups is 2. The Kier molecular flexibility index (Phi) is 19.2. The van der Waals surface area contributed by atoms with Crippen LogP contribution < -0.4 is 5.32 Å². The van der Waals surface area contributed by atoms with E-state index in [-0.39, 0.29) is 5.92 Å². The van der Waals surface area contributed by atoms with Gasteiger partial charge in [0.25, 0.3) is 0 Å². The van der Waals surface area contributed by atoms with Crippen LogP contribution in [0.2, 0.25) is 0 Å². The van der Waals surface area contributed by atoms with Crippen LogP contribution in [0.4, 0.5) is 0 Å². The summed E-state index contributed by atoms with van der Waals surface area (Å²) >= 11 is 1.64. The van der Waals surface area contributed by atoms with Crippen molar-refractivity contribution in [2.45, 2.75) is 60.9 Å². The number of nitrogens with zero attached hydrogens (tertiary/aromatic N) is 2. The van der Waals surface area contributed by atoms with Crippen LogP contribution in [0.15, 0.2) is 48.5 Å². The smallest absolute Gasteiger partial charge is 0.126 e.